The minimum atomic E-state index is -0.906. The molecule has 1 amide bonds. The fraction of sp³-hybridized carbons (Fsp3) is 0.304. The van der Waals surface area contributed by atoms with Gasteiger partial charge in [-0.1, -0.05) is 11.6 Å². The molecule has 0 radical (unpaired) electrons. The number of ether oxygens (including phenoxy) is 1. The summed E-state index contributed by atoms with van der Waals surface area (Å²) in [6.07, 6.45) is 0. The monoisotopic (exact) mass is 473 g/mol. The molecule has 3 rings (SSSR count). The summed E-state index contributed by atoms with van der Waals surface area (Å²) in [5.74, 6) is -1.54. The number of likely N-dealkylation sites (tertiary alicyclic amines) is 1. The average molecular weight is 474 g/mol. The third-order valence-electron chi connectivity index (χ3n) is 5.25. The first-order valence-corrected chi connectivity index (χ1v) is 10.6. The molecule has 0 aliphatic carbocycles. The van der Waals surface area contributed by atoms with Crippen molar-refractivity contribution in [3.05, 3.63) is 74.3 Å². The van der Waals surface area contributed by atoms with E-state index in [0.717, 1.165) is 0 Å². The Kier molecular flexibility index (Phi) is 7.35. The number of likely N-dealkylation sites (N-methyl/N-ethyl adjacent to an activating group) is 1. The molecule has 0 aromatic heterocycles. The van der Waals surface area contributed by atoms with Gasteiger partial charge in [-0.15, -0.1) is 0 Å². The van der Waals surface area contributed by atoms with Crippen LogP contribution >= 0.6 is 11.6 Å². The van der Waals surface area contributed by atoms with Crippen LogP contribution in [0, 0.1) is 10.1 Å². The molecule has 1 atom stereocenters. The Labute approximate surface area is 196 Å². The van der Waals surface area contributed by atoms with E-state index in [4.69, 9.17) is 16.3 Å². The molecule has 1 heterocycles. The Bertz CT molecular complexity index is 1110. The van der Waals surface area contributed by atoms with Crippen LogP contribution in [0.2, 0.25) is 5.02 Å². The van der Waals surface area contributed by atoms with Gasteiger partial charge in [-0.3, -0.25) is 19.7 Å². The van der Waals surface area contributed by atoms with Crippen molar-refractivity contribution in [3.63, 3.8) is 0 Å². The molecule has 1 aliphatic rings. The minimum absolute atomic E-state index is 0.104. The summed E-state index contributed by atoms with van der Waals surface area (Å²) < 4.78 is 5.41. The summed E-state index contributed by atoms with van der Waals surface area (Å²) in [7, 11) is 3.67. The maximum absolute atomic E-state index is 13.0. The Hall–Kier alpha value is -3.43. The summed E-state index contributed by atoms with van der Waals surface area (Å²) in [6.45, 7) is 2.91. The van der Waals surface area contributed by atoms with E-state index in [9.17, 15) is 24.8 Å². The molecule has 1 N–H and O–H groups in total. The quantitative estimate of drug-likeness (QED) is 0.205. The number of halogens is 1. The van der Waals surface area contributed by atoms with Crippen LogP contribution in [0.1, 0.15) is 24.1 Å². The van der Waals surface area contributed by atoms with E-state index in [1.807, 2.05) is 25.9 Å². The van der Waals surface area contributed by atoms with Gasteiger partial charge in [-0.05, 0) is 56.9 Å². The molecule has 0 unspecified atom stereocenters. The number of ketones is 1. The van der Waals surface area contributed by atoms with Crippen LogP contribution in [0.5, 0.6) is 5.75 Å². The van der Waals surface area contributed by atoms with Crippen LogP contribution < -0.4 is 4.74 Å². The molecule has 10 heteroatoms. The molecule has 2 aromatic rings. The fourth-order valence-corrected chi connectivity index (χ4v) is 3.85. The number of hydrogen-bond donors (Lipinski definition) is 1. The van der Waals surface area contributed by atoms with Crippen molar-refractivity contribution in [2.45, 2.75) is 13.0 Å². The highest BCUT2D eigenvalue weighted by molar-refractivity contribution is 6.46. The third kappa shape index (κ3) is 4.99. The van der Waals surface area contributed by atoms with Gasteiger partial charge in [0.1, 0.15) is 11.5 Å². The lowest BCUT2D eigenvalue weighted by molar-refractivity contribution is -0.384. The molecule has 174 valence electrons. The van der Waals surface area contributed by atoms with Gasteiger partial charge in [0, 0.05) is 30.8 Å². The van der Waals surface area contributed by atoms with Crippen LogP contribution in [0.15, 0.2) is 48.0 Å². The van der Waals surface area contributed by atoms with Crippen molar-refractivity contribution in [1.29, 1.82) is 0 Å². The van der Waals surface area contributed by atoms with Crippen molar-refractivity contribution in [2.24, 2.45) is 0 Å². The van der Waals surface area contributed by atoms with Crippen LogP contribution in [0.25, 0.3) is 5.76 Å². The second-order valence-electron chi connectivity index (χ2n) is 7.72. The zero-order valence-corrected chi connectivity index (χ0v) is 19.2. The van der Waals surface area contributed by atoms with Gasteiger partial charge in [0.05, 0.1) is 28.2 Å². The molecule has 9 nitrogen and oxygen atoms in total. The number of nitro benzene ring substituents is 1. The van der Waals surface area contributed by atoms with Crippen LogP contribution in [-0.2, 0) is 9.59 Å². The summed E-state index contributed by atoms with van der Waals surface area (Å²) in [6, 6.07) is 9.24. The summed E-state index contributed by atoms with van der Waals surface area (Å²) in [5, 5.41) is 22.4. The first kappa shape index (κ1) is 24.2. The largest absolute Gasteiger partial charge is 0.507 e. The minimum Gasteiger partial charge on any atom is -0.507 e. The first-order chi connectivity index (χ1) is 15.6. The number of rotatable bonds is 8. The van der Waals surface area contributed by atoms with Crippen LogP contribution in [0.4, 0.5) is 5.69 Å². The summed E-state index contributed by atoms with van der Waals surface area (Å²) in [4.78, 5) is 39.6. The molecule has 1 aliphatic heterocycles. The predicted octanol–water partition coefficient (Wildman–Crippen LogP) is 3.63. The van der Waals surface area contributed by atoms with Crippen molar-refractivity contribution >= 4 is 34.7 Å². The second-order valence-corrected chi connectivity index (χ2v) is 8.13. The van der Waals surface area contributed by atoms with E-state index in [1.165, 1.54) is 35.2 Å². The number of nitrogens with zero attached hydrogens (tertiary/aromatic N) is 3. The maximum atomic E-state index is 13.0. The molecule has 0 saturated carbocycles. The van der Waals surface area contributed by atoms with Gasteiger partial charge < -0.3 is 19.6 Å². The Morgan fingerprint density at radius 3 is 2.42 bits per heavy atom. The van der Waals surface area contributed by atoms with E-state index in [-0.39, 0.29) is 34.2 Å². The molecular formula is C23H24ClN3O6. The molecule has 1 saturated heterocycles. The van der Waals surface area contributed by atoms with Crippen molar-refractivity contribution in [1.82, 2.24) is 9.80 Å². The number of amides is 1. The number of non-ortho nitro benzene ring substituents is 1. The number of aliphatic hydroxyl groups excluding tert-OH is 1. The zero-order valence-electron chi connectivity index (χ0n) is 18.4. The van der Waals surface area contributed by atoms with E-state index >= 15 is 0 Å². The van der Waals surface area contributed by atoms with E-state index in [1.54, 1.807) is 12.1 Å². The van der Waals surface area contributed by atoms with Gasteiger partial charge in [0.15, 0.2) is 0 Å². The van der Waals surface area contributed by atoms with Crippen molar-refractivity contribution in [3.8, 4) is 5.75 Å². The zero-order chi connectivity index (χ0) is 24.3. The van der Waals surface area contributed by atoms with Gasteiger partial charge in [0.2, 0.25) is 0 Å². The topological polar surface area (TPSA) is 113 Å². The fourth-order valence-electron chi connectivity index (χ4n) is 3.62. The number of benzene rings is 2. The van der Waals surface area contributed by atoms with Crippen LogP contribution in [0.3, 0.4) is 0 Å². The number of Topliss-reactive ketones (excluding diaryl/α,β-unsaturated/α-hetero) is 1. The Balaban J connectivity index is 2.13. The highest BCUT2D eigenvalue weighted by atomic mass is 35.5. The number of hydrogen-bond acceptors (Lipinski definition) is 7. The predicted molar refractivity (Wildman–Crippen MR) is 123 cm³/mol. The highest BCUT2D eigenvalue weighted by Gasteiger charge is 2.46. The highest BCUT2D eigenvalue weighted by Crippen LogP contribution is 2.40. The second kappa shape index (κ2) is 10.0. The summed E-state index contributed by atoms with van der Waals surface area (Å²) in [5.41, 5.74) is 0.494. The van der Waals surface area contributed by atoms with Gasteiger partial charge in [-0.2, -0.15) is 0 Å². The van der Waals surface area contributed by atoms with E-state index in [2.05, 4.69) is 0 Å². The molecule has 1 fully saturated rings. The van der Waals surface area contributed by atoms with Gasteiger partial charge in [-0.25, -0.2) is 0 Å². The number of nitro groups is 1. The molecule has 2 aromatic carbocycles. The molecule has 0 spiro atoms. The average Bonchev–Trinajstić information content (AvgIpc) is 3.03. The van der Waals surface area contributed by atoms with E-state index in [0.29, 0.717) is 24.5 Å². The normalized spacial score (nSPS) is 17.6. The Morgan fingerprint density at radius 1 is 1.21 bits per heavy atom. The van der Waals surface area contributed by atoms with Gasteiger partial charge in [0.25, 0.3) is 17.4 Å². The first-order valence-electron chi connectivity index (χ1n) is 10.3. The summed E-state index contributed by atoms with van der Waals surface area (Å²) >= 11 is 6.25. The molecule has 33 heavy (non-hydrogen) atoms. The smallest absolute Gasteiger partial charge is 0.295 e. The van der Waals surface area contributed by atoms with Crippen molar-refractivity contribution in [2.75, 3.05) is 33.8 Å². The van der Waals surface area contributed by atoms with Gasteiger partial charge >= 0.3 is 0 Å². The lowest BCUT2D eigenvalue weighted by Gasteiger charge is -2.26. The van der Waals surface area contributed by atoms with E-state index < -0.39 is 22.7 Å². The lowest BCUT2D eigenvalue weighted by Crippen LogP contribution is -2.35. The lowest BCUT2D eigenvalue weighted by atomic mass is 9.95. The van der Waals surface area contributed by atoms with Crippen molar-refractivity contribution < 1.29 is 24.4 Å². The molecule has 0 bridgehead atoms. The SMILES string of the molecule is CCOc1ccc(C(O)=C2C(=O)C(=O)N(CCN(C)C)[C@H]2c2ccc([N+](=O)[O-])cc2)cc1Cl. The van der Waals surface area contributed by atoms with Crippen LogP contribution in [-0.4, -0.2) is 65.3 Å². The number of carbonyl (C=O) groups excluding carboxylic acids is 2. The number of aliphatic hydroxyl groups is 1. The standard InChI is InChI=1S/C23H24ClN3O6/c1-4-33-18-10-7-15(13-17(18)24)21(28)19-20(14-5-8-16(9-6-14)27(31)32)26(12-11-25(2)3)23(30)22(19)29/h5-10,13,20,28H,4,11-12H2,1-3H3/t20-/m0/s1. The Morgan fingerprint density at radius 2 is 1.88 bits per heavy atom. The third-order valence-corrected chi connectivity index (χ3v) is 5.55. The molecular weight excluding hydrogens is 450 g/mol. The maximum Gasteiger partial charge on any atom is 0.295 e. The number of carbonyl (C=O) groups is 2.